The maximum atomic E-state index is 11.7. The summed E-state index contributed by atoms with van der Waals surface area (Å²) in [5.74, 6) is 0.109. The number of aromatic hydroxyl groups is 2. The molecular formula is C12H13N3O3. The van der Waals surface area contributed by atoms with Gasteiger partial charge in [-0.2, -0.15) is 0 Å². The molecule has 0 aliphatic carbocycles. The van der Waals surface area contributed by atoms with Crippen molar-refractivity contribution in [2.24, 2.45) is 0 Å². The van der Waals surface area contributed by atoms with Crippen LogP contribution in [-0.2, 0) is 6.42 Å². The lowest BCUT2D eigenvalue weighted by molar-refractivity contribution is 0.0951. The summed E-state index contributed by atoms with van der Waals surface area (Å²) in [5.41, 5.74) is 0.0504. The van der Waals surface area contributed by atoms with Gasteiger partial charge in [0.05, 0.1) is 5.56 Å². The zero-order valence-electron chi connectivity index (χ0n) is 9.55. The third kappa shape index (κ3) is 2.79. The van der Waals surface area contributed by atoms with E-state index in [2.05, 4.69) is 15.3 Å². The molecule has 0 aliphatic rings. The number of imidazole rings is 1. The predicted octanol–water partition coefficient (Wildman–Crippen LogP) is 0.793. The molecule has 1 amide bonds. The first-order chi connectivity index (χ1) is 8.66. The molecule has 1 aromatic heterocycles. The maximum absolute atomic E-state index is 11.7. The van der Waals surface area contributed by atoms with E-state index in [4.69, 9.17) is 0 Å². The summed E-state index contributed by atoms with van der Waals surface area (Å²) in [6.07, 6.45) is 3.91. The van der Waals surface area contributed by atoms with Crippen LogP contribution in [0.1, 0.15) is 16.2 Å². The second-order valence-corrected chi connectivity index (χ2v) is 3.74. The summed E-state index contributed by atoms with van der Waals surface area (Å²) in [5, 5.41) is 21.4. The van der Waals surface area contributed by atoms with E-state index in [1.807, 2.05) is 0 Å². The smallest absolute Gasteiger partial charge is 0.255 e. The summed E-state index contributed by atoms with van der Waals surface area (Å²) in [6, 6.07) is 3.81. The molecule has 0 aliphatic heterocycles. The van der Waals surface area contributed by atoms with Crippen molar-refractivity contribution >= 4 is 5.91 Å². The number of phenols is 2. The monoisotopic (exact) mass is 247 g/mol. The molecule has 0 unspecified atom stereocenters. The van der Waals surface area contributed by atoms with Crippen molar-refractivity contribution in [3.8, 4) is 11.5 Å². The summed E-state index contributed by atoms with van der Waals surface area (Å²) in [7, 11) is 0. The number of rotatable bonds is 4. The molecule has 0 spiro atoms. The Morgan fingerprint density at radius 3 is 2.94 bits per heavy atom. The molecular weight excluding hydrogens is 234 g/mol. The summed E-state index contributed by atoms with van der Waals surface area (Å²) in [6.45, 7) is 0.390. The molecule has 0 radical (unpaired) electrons. The Balaban J connectivity index is 1.93. The minimum absolute atomic E-state index is 0.0504. The van der Waals surface area contributed by atoms with Gasteiger partial charge in [-0.05, 0) is 18.2 Å². The van der Waals surface area contributed by atoms with E-state index in [0.29, 0.717) is 13.0 Å². The molecule has 18 heavy (non-hydrogen) atoms. The molecule has 2 rings (SSSR count). The first-order valence-corrected chi connectivity index (χ1v) is 5.45. The molecule has 4 N–H and O–H groups in total. The number of carbonyl (C=O) groups is 1. The molecule has 1 aromatic carbocycles. The van der Waals surface area contributed by atoms with E-state index in [9.17, 15) is 15.0 Å². The van der Waals surface area contributed by atoms with Gasteiger partial charge in [0.1, 0.15) is 17.3 Å². The zero-order valence-corrected chi connectivity index (χ0v) is 9.55. The predicted molar refractivity (Wildman–Crippen MR) is 64.4 cm³/mol. The number of amides is 1. The highest BCUT2D eigenvalue weighted by atomic mass is 16.3. The van der Waals surface area contributed by atoms with Crippen LogP contribution in [0.25, 0.3) is 0 Å². The number of benzene rings is 1. The van der Waals surface area contributed by atoms with Crippen LogP contribution in [0, 0.1) is 0 Å². The molecule has 0 saturated heterocycles. The molecule has 1 heterocycles. The fourth-order valence-electron chi connectivity index (χ4n) is 1.53. The van der Waals surface area contributed by atoms with Crippen molar-refractivity contribution in [1.82, 2.24) is 15.3 Å². The number of aromatic amines is 1. The molecule has 0 fully saturated rings. The maximum Gasteiger partial charge on any atom is 0.255 e. The van der Waals surface area contributed by atoms with Crippen molar-refractivity contribution in [3.63, 3.8) is 0 Å². The van der Waals surface area contributed by atoms with E-state index in [-0.39, 0.29) is 17.1 Å². The van der Waals surface area contributed by atoms with Crippen LogP contribution in [-0.4, -0.2) is 32.6 Å². The third-order valence-corrected chi connectivity index (χ3v) is 2.43. The first-order valence-electron chi connectivity index (χ1n) is 5.45. The van der Waals surface area contributed by atoms with Crippen LogP contribution in [0.4, 0.5) is 0 Å². The van der Waals surface area contributed by atoms with Gasteiger partial charge in [0.25, 0.3) is 5.91 Å². The van der Waals surface area contributed by atoms with Crippen LogP contribution in [0.15, 0.2) is 30.6 Å². The second kappa shape index (κ2) is 5.22. The highest BCUT2D eigenvalue weighted by Gasteiger charge is 2.11. The van der Waals surface area contributed by atoms with Gasteiger partial charge in [0.2, 0.25) is 0 Å². The number of nitrogens with one attached hydrogen (secondary N) is 2. The molecule has 6 nitrogen and oxygen atoms in total. The van der Waals surface area contributed by atoms with Crippen molar-refractivity contribution in [3.05, 3.63) is 42.0 Å². The van der Waals surface area contributed by atoms with Crippen LogP contribution in [0.3, 0.4) is 0 Å². The normalized spacial score (nSPS) is 10.2. The Hall–Kier alpha value is -2.50. The quantitative estimate of drug-likeness (QED) is 0.600. The van der Waals surface area contributed by atoms with Crippen LogP contribution >= 0.6 is 0 Å². The Morgan fingerprint density at radius 1 is 1.39 bits per heavy atom. The average molecular weight is 247 g/mol. The largest absolute Gasteiger partial charge is 0.508 e. The Morgan fingerprint density at radius 2 is 2.22 bits per heavy atom. The first kappa shape index (κ1) is 12.0. The minimum atomic E-state index is -0.435. The van der Waals surface area contributed by atoms with Crippen molar-refractivity contribution in [1.29, 1.82) is 0 Å². The van der Waals surface area contributed by atoms with Gasteiger partial charge in [-0.25, -0.2) is 4.98 Å². The number of H-pyrrole nitrogens is 1. The minimum Gasteiger partial charge on any atom is -0.508 e. The number of carbonyl (C=O) groups excluding carboxylic acids is 1. The highest BCUT2D eigenvalue weighted by Crippen LogP contribution is 2.21. The van der Waals surface area contributed by atoms with Crippen LogP contribution < -0.4 is 5.32 Å². The Kier molecular flexibility index (Phi) is 3.47. The van der Waals surface area contributed by atoms with E-state index in [1.165, 1.54) is 18.2 Å². The van der Waals surface area contributed by atoms with E-state index in [1.54, 1.807) is 12.4 Å². The Labute approximate surface area is 103 Å². The van der Waals surface area contributed by atoms with Gasteiger partial charge in [0, 0.05) is 25.4 Å². The van der Waals surface area contributed by atoms with E-state index < -0.39 is 5.91 Å². The molecule has 0 bridgehead atoms. The zero-order chi connectivity index (χ0) is 13.0. The number of hydrogen-bond donors (Lipinski definition) is 4. The van der Waals surface area contributed by atoms with Gasteiger partial charge in [-0.15, -0.1) is 0 Å². The Bertz CT molecular complexity index is 538. The lowest BCUT2D eigenvalue weighted by Gasteiger charge is -2.06. The topological polar surface area (TPSA) is 98.2 Å². The fourth-order valence-corrected chi connectivity index (χ4v) is 1.53. The average Bonchev–Trinajstić information content (AvgIpc) is 2.85. The van der Waals surface area contributed by atoms with Crippen molar-refractivity contribution < 1.29 is 15.0 Å². The van der Waals surface area contributed by atoms with Gasteiger partial charge in [-0.3, -0.25) is 4.79 Å². The SMILES string of the molecule is O=C(NCCc1ncc[nH]1)c1cc(O)ccc1O. The lowest BCUT2D eigenvalue weighted by Crippen LogP contribution is -2.26. The number of nitrogens with zero attached hydrogens (tertiary/aromatic N) is 1. The highest BCUT2D eigenvalue weighted by molar-refractivity contribution is 5.97. The van der Waals surface area contributed by atoms with Gasteiger partial charge < -0.3 is 20.5 Å². The standard InChI is InChI=1S/C12H13N3O3/c16-8-1-2-10(17)9(7-8)12(18)15-4-3-11-13-5-6-14-11/h1-2,5-7,16-17H,3-4H2,(H,13,14)(H,15,18). The fraction of sp³-hybridized carbons (Fsp3) is 0.167. The number of hydrogen-bond acceptors (Lipinski definition) is 4. The lowest BCUT2D eigenvalue weighted by atomic mass is 10.1. The van der Waals surface area contributed by atoms with E-state index >= 15 is 0 Å². The van der Waals surface area contributed by atoms with Gasteiger partial charge >= 0.3 is 0 Å². The summed E-state index contributed by atoms with van der Waals surface area (Å²) < 4.78 is 0. The molecule has 6 heteroatoms. The van der Waals surface area contributed by atoms with E-state index in [0.717, 1.165) is 5.82 Å². The van der Waals surface area contributed by atoms with Crippen LogP contribution in [0.2, 0.25) is 0 Å². The van der Waals surface area contributed by atoms with Gasteiger partial charge in [0.15, 0.2) is 0 Å². The van der Waals surface area contributed by atoms with Crippen LogP contribution in [0.5, 0.6) is 11.5 Å². The number of aromatic nitrogens is 2. The summed E-state index contributed by atoms with van der Waals surface area (Å²) in [4.78, 5) is 18.7. The van der Waals surface area contributed by atoms with Crippen molar-refractivity contribution in [2.75, 3.05) is 6.54 Å². The molecule has 2 aromatic rings. The molecule has 94 valence electrons. The molecule has 0 atom stereocenters. The summed E-state index contributed by atoms with van der Waals surface area (Å²) >= 11 is 0. The number of phenolic OH excluding ortho intramolecular Hbond substituents is 2. The molecule has 0 saturated carbocycles. The van der Waals surface area contributed by atoms with Crippen molar-refractivity contribution in [2.45, 2.75) is 6.42 Å². The third-order valence-electron chi connectivity index (χ3n) is 2.43. The second-order valence-electron chi connectivity index (χ2n) is 3.74. The van der Waals surface area contributed by atoms with Gasteiger partial charge in [-0.1, -0.05) is 0 Å².